The van der Waals surface area contributed by atoms with Crippen LogP contribution >= 0.6 is 0 Å². The number of hydrogen-bond donors (Lipinski definition) is 1. The molecule has 0 saturated heterocycles. The number of rotatable bonds is 13. The van der Waals surface area contributed by atoms with Crippen LogP contribution < -0.4 is 5.32 Å². The van der Waals surface area contributed by atoms with Crippen LogP contribution in [0.15, 0.2) is 0 Å². The summed E-state index contributed by atoms with van der Waals surface area (Å²) in [7, 11) is 0. The van der Waals surface area contributed by atoms with Crippen molar-refractivity contribution in [1.29, 1.82) is 0 Å². The second kappa shape index (κ2) is 12.9. The monoisotopic (exact) mass is 271 g/mol. The highest BCUT2D eigenvalue weighted by atomic mass is 15.2. The van der Waals surface area contributed by atoms with E-state index in [-0.39, 0.29) is 0 Å². The minimum atomic E-state index is 0.700. The van der Waals surface area contributed by atoms with Gasteiger partial charge in [-0.3, -0.25) is 0 Å². The molecule has 1 N–H and O–H groups in total. The van der Waals surface area contributed by atoms with E-state index < -0.39 is 0 Å². The lowest BCUT2D eigenvalue weighted by atomic mass is 10.2. The molecular formula is C16H37N3. The molecule has 0 aromatic rings. The molecule has 0 aliphatic rings. The Morgan fingerprint density at radius 2 is 1.58 bits per heavy atom. The van der Waals surface area contributed by atoms with E-state index >= 15 is 0 Å². The van der Waals surface area contributed by atoms with Gasteiger partial charge in [0.25, 0.3) is 0 Å². The molecule has 0 fully saturated rings. The second-order valence-corrected chi connectivity index (χ2v) is 5.40. The summed E-state index contributed by atoms with van der Waals surface area (Å²) in [6.45, 7) is 19.7. The van der Waals surface area contributed by atoms with Crippen molar-refractivity contribution in [2.75, 3.05) is 45.8 Å². The first-order valence-corrected chi connectivity index (χ1v) is 8.36. The maximum absolute atomic E-state index is 3.50. The lowest BCUT2D eigenvalue weighted by molar-refractivity contribution is 0.191. The molecule has 1 unspecified atom stereocenters. The lowest BCUT2D eigenvalue weighted by Gasteiger charge is -2.29. The van der Waals surface area contributed by atoms with E-state index in [4.69, 9.17) is 0 Å². The first-order valence-electron chi connectivity index (χ1n) is 8.36. The molecule has 0 aliphatic carbocycles. The van der Waals surface area contributed by atoms with Crippen molar-refractivity contribution in [2.24, 2.45) is 0 Å². The lowest BCUT2D eigenvalue weighted by Crippen LogP contribution is -2.37. The normalized spacial score (nSPS) is 13.4. The van der Waals surface area contributed by atoms with Gasteiger partial charge in [-0.15, -0.1) is 0 Å². The summed E-state index contributed by atoms with van der Waals surface area (Å²) in [5.74, 6) is 0. The summed E-state index contributed by atoms with van der Waals surface area (Å²) in [6, 6.07) is 0.700. The highest BCUT2D eigenvalue weighted by Gasteiger charge is 2.11. The molecule has 0 bridgehead atoms. The van der Waals surface area contributed by atoms with E-state index in [1.165, 1.54) is 52.0 Å². The predicted molar refractivity (Wildman–Crippen MR) is 86.9 cm³/mol. The predicted octanol–water partition coefficient (Wildman–Crippen LogP) is 2.82. The Bertz CT molecular complexity index is 181. The molecule has 19 heavy (non-hydrogen) atoms. The molecule has 1 atom stereocenters. The van der Waals surface area contributed by atoms with Crippen LogP contribution in [0.5, 0.6) is 0 Å². The van der Waals surface area contributed by atoms with Gasteiger partial charge in [-0.2, -0.15) is 0 Å². The fraction of sp³-hybridized carbons (Fsp3) is 1.00. The summed E-state index contributed by atoms with van der Waals surface area (Å²) in [5.41, 5.74) is 0. The Labute approximate surface area is 121 Å². The van der Waals surface area contributed by atoms with Gasteiger partial charge in [-0.1, -0.05) is 27.7 Å². The quantitative estimate of drug-likeness (QED) is 0.520. The third kappa shape index (κ3) is 9.42. The van der Waals surface area contributed by atoms with Gasteiger partial charge in [-0.05, 0) is 72.0 Å². The van der Waals surface area contributed by atoms with E-state index in [0.717, 1.165) is 13.1 Å². The van der Waals surface area contributed by atoms with Crippen molar-refractivity contribution in [3.63, 3.8) is 0 Å². The van der Waals surface area contributed by atoms with E-state index in [9.17, 15) is 0 Å². The highest BCUT2D eigenvalue weighted by Crippen LogP contribution is 2.04. The summed E-state index contributed by atoms with van der Waals surface area (Å²) in [4.78, 5) is 5.14. The molecule has 0 radical (unpaired) electrons. The zero-order valence-electron chi connectivity index (χ0n) is 14.0. The van der Waals surface area contributed by atoms with E-state index in [1.807, 2.05) is 0 Å². The minimum absolute atomic E-state index is 0.700. The third-order valence-corrected chi connectivity index (χ3v) is 4.01. The first kappa shape index (κ1) is 18.9. The van der Waals surface area contributed by atoms with Crippen LogP contribution in [-0.2, 0) is 0 Å². The number of nitrogens with zero attached hydrogens (tertiary/aromatic N) is 2. The van der Waals surface area contributed by atoms with E-state index in [0.29, 0.717) is 6.04 Å². The van der Waals surface area contributed by atoms with Gasteiger partial charge in [-0.25, -0.2) is 0 Å². The molecule has 0 amide bonds. The Morgan fingerprint density at radius 3 is 2.11 bits per heavy atom. The van der Waals surface area contributed by atoms with Crippen LogP contribution in [-0.4, -0.2) is 61.7 Å². The average Bonchev–Trinajstić information content (AvgIpc) is 2.44. The van der Waals surface area contributed by atoms with Crippen LogP contribution in [0.1, 0.15) is 53.9 Å². The van der Waals surface area contributed by atoms with Crippen LogP contribution in [0.4, 0.5) is 0 Å². The number of hydrogen-bond acceptors (Lipinski definition) is 3. The van der Waals surface area contributed by atoms with Crippen molar-refractivity contribution >= 4 is 0 Å². The fourth-order valence-corrected chi connectivity index (χ4v) is 2.52. The Balaban J connectivity index is 3.78. The summed E-state index contributed by atoms with van der Waals surface area (Å²) < 4.78 is 0. The van der Waals surface area contributed by atoms with Crippen molar-refractivity contribution < 1.29 is 0 Å². The molecule has 0 aromatic heterocycles. The zero-order chi connectivity index (χ0) is 14.5. The van der Waals surface area contributed by atoms with Crippen LogP contribution in [0.25, 0.3) is 0 Å². The molecule has 3 nitrogen and oxygen atoms in total. The molecule has 116 valence electrons. The van der Waals surface area contributed by atoms with Crippen molar-refractivity contribution in [3.05, 3.63) is 0 Å². The summed E-state index contributed by atoms with van der Waals surface area (Å²) in [5, 5.41) is 3.50. The Kier molecular flexibility index (Phi) is 12.8. The van der Waals surface area contributed by atoms with E-state index in [1.54, 1.807) is 0 Å². The van der Waals surface area contributed by atoms with Crippen LogP contribution in [0.3, 0.4) is 0 Å². The molecule has 0 spiro atoms. The Morgan fingerprint density at radius 1 is 0.895 bits per heavy atom. The maximum atomic E-state index is 3.50. The van der Waals surface area contributed by atoms with Crippen LogP contribution in [0.2, 0.25) is 0 Å². The molecule has 0 aromatic carbocycles. The van der Waals surface area contributed by atoms with Gasteiger partial charge < -0.3 is 15.1 Å². The van der Waals surface area contributed by atoms with Gasteiger partial charge in [0.2, 0.25) is 0 Å². The second-order valence-electron chi connectivity index (χ2n) is 5.40. The van der Waals surface area contributed by atoms with Crippen molar-refractivity contribution in [2.45, 2.75) is 59.9 Å². The molecular weight excluding hydrogens is 234 g/mol. The molecule has 0 aliphatic heterocycles. The van der Waals surface area contributed by atoms with Gasteiger partial charge in [0.05, 0.1) is 0 Å². The van der Waals surface area contributed by atoms with Crippen molar-refractivity contribution in [1.82, 2.24) is 15.1 Å². The molecule has 3 heteroatoms. The smallest absolute Gasteiger partial charge is 0.00789 e. The van der Waals surface area contributed by atoms with Gasteiger partial charge in [0.15, 0.2) is 0 Å². The number of nitrogens with one attached hydrogen (secondary N) is 1. The summed E-state index contributed by atoms with van der Waals surface area (Å²) in [6.07, 6.45) is 3.79. The van der Waals surface area contributed by atoms with Gasteiger partial charge in [0, 0.05) is 6.04 Å². The third-order valence-electron chi connectivity index (χ3n) is 4.01. The first-order chi connectivity index (χ1) is 9.19. The zero-order valence-corrected chi connectivity index (χ0v) is 14.0. The average molecular weight is 271 g/mol. The summed E-state index contributed by atoms with van der Waals surface area (Å²) >= 11 is 0. The van der Waals surface area contributed by atoms with Gasteiger partial charge in [0.1, 0.15) is 0 Å². The topological polar surface area (TPSA) is 18.5 Å². The molecule has 0 saturated carbocycles. The van der Waals surface area contributed by atoms with Crippen LogP contribution in [0, 0.1) is 0 Å². The highest BCUT2D eigenvalue weighted by molar-refractivity contribution is 4.68. The standard InChI is InChI=1S/C16H37N3/c1-6-12-17-13-11-16(5)19(9-4)15-10-14-18(7-2)8-3/h16-17H,6-15H2,1-5H3. The largest absolute Gasteiger partial charge is 0.317 e. The maximum Gasteiger partial charge on any atom is 0.00789 e. The Hall–Kier alpha value is -0.120. The molecule has 0 rings (SSSR count). The van der Waals surface area contributed by atoms with Gasteiger partial charge >= 0.3 is 0 Å². The fourth-order valence-electron chi connectivity index (χ4n) is 2.52. The van der Waals surface area contributed by atoms with E-state index in [2.05, 4.69) is 49.7 Å². The minimum Gasteiger partial charge on any atom is -0.317 e. The van der Waals surface area contributed by atoms with Crippen molar-refractivity contribution in [3.8, 4) is 0 Å². The SMILES string of the molecule is CCCNCCC(C)N(CC)CCCN(CC)CC. The molecule has 0 heterocycles.